The molecule has 0 rings (SSSR count). The molecule has 5 N–H and O–H groups in total. The van der Waals surface area contributed by atoms with Crippen LogP contribution in [0.25, 0.3) is 0 Å². The maximum atomic E-state index is 10.9. The van der Waals surface area contributed by atoms with Crippen molar-refractivity contribution in [1.29, 1.82) is 0 Å². The standard InChI is InChI=1S/C10H18O6.C4H10O3/c11-5-7-15-9(13)3-1-2-4-10(14)16-8-6-12;5-3-1-2-4(6)7/h11-12H,1-8H2;4-7H,1-3H2. The van der Waals surface area contributed by atoms with Crippen molar-refractivity contribution < 1.29 is 44.6 Å². The van der Waals surface area contributed by atoms with Crippen molar-refractivity contribution in [2.24, 2.45) is 0 Å². The highest BCUT2D eigenvalue weighted by molar-refractivity contribution is 5.70. The zero-order valence-electron chi connectivity index (χ0n) is 13.2. The SMILES string of the molecule is O=C(CCCCC(=O)OCCO)OCCO.OCCCC(O)O. The quantitative estimate of drug-likeness (QED) is 0.165. The highest BCUT2D eigenvalue weighted by atomic mass is 16.5. The van der Waals surface area contributed by atoms with Gasteiger partial charge in [0, 0.05) is 25.9 Å². The maximum absolute atomic E-state index is 10.9. The Kier molecular flexibility index (Phi) is 19.6. The Morgan fingerprint density at radius 2 is 1.17 bits per heavy atom. The Bertz CT molecular complexity index is 259. The largest absolute Gasteiger partial charge is 0.463 e. The van der Waals surface area contributed by atoms with Gasteiger partial charge in [0.15, 0.2) is 6.29 Å². The van der Waals surface area contributed by atoms with Crippen LogP contribution in [0.1, 0.15) is 38.5 Å². The second-order valence-electron chi connectivity index (χ2n) is 4.44. The molecule has 0 heterocycles. The molecular weight excluding hydrogens is 312 g/mol. The minimum atomic E-state index is -1.26. The number of unbranched alkanes of at least 4 members (excludes halogenated alkanes) is 1. The van der Waals surface area contributed by atoms with E-state index in [9.17, 15) is 9.59 Å². The van der Waals surface area contributed by atoms with E-state index in [0.29, 0.717) is 19.3 Å². The number of esters is 2. The summed E-state index contributed by atoms with van der Waals surface area (Å²) in [5.74, 6) is -0.754. The molecule has 0 amide bonds. The van der Waals surface area contributed by atoms with E-state index in [-0.39, 0.29) is 64.2 Å². The van der Waals surface area contributed by atoms with E-state index in [0.717, 1.165) is 0 Å². The first-order chi connectivity index (χ1) is 11.0. The molecule has 0 atom stereocenters. The average molecular weight is 340 g/mol. The Labute approximate surface area is 135 Å². The van der Waals surface area contributed by atoms with Crippen LogP contribution in [0, 0.1) is 0 Å². The number of aliphatic hydroxyl groups excluding tert-OH is 4. The first kappa shape index (κ1) is 24.0. The van der Waals surface area contributed by atoms with E-state index in [4.69, 9.17) is 25.5 Å². The van der Waals surface area contributed by atoms with Gasteiger partial charge in [-0.05, 0) is 19.3 Å². The van der Waals surface area contributed by atoms with Gasteiger partial charge in [-0.2, -0.15) is 0 Å². The number of rotatable bonds is 12. The molecule has 0 aromatic carbocycles. The lowest BCUT2D eigenvalue weighted by Crippen LogP contribution is -2.10. The summed E-state index contributed by atoms with van der Waals surface area (Å²) in [6.07, 6.45) is 0.998. The third kappa shape index (κ3) is 23.1. The van der Waals surface area contributed by atoms with Gasteiger partial charge in [-0.3, -0.25) is 9.59 Å². The van der Waals surface area contributed by atoms with Crippen LogP contribution in [-0.2, 0) is 19.1 Å². The molecule has 0 aliphatic heterocycles. The fraction of sp³-hybridized carbons (Fsp3) is 0.857. The zero-order valence-corrected chi connectivity index (χ0v) is 13.2. The summed E-state index contributed by atoms with van der Waals surface area (Å²) in [4.78, 5) is 21.9. The van der Waals surface area contributed by atoms with E-state index >= 15 is 0 Å². The van der Waals surface area contributed by atoms with Crippen LogP contribution < -0.4 is 0 Å². The number of hydrogen-bond acceptors (Lipinski definition) is 9. The molecule has 0 saturated heterocycles. The molecule has 0 aromatic rings. The summed E-state index contributed by atoms with van der Waals surface area (Å²) < 4.78 is 9.25. The van der Waals surface area contributed by atoms with Crippen LogP contribution in [0.3, 0.4) is 0 Å². The second kappa shape index (κ2) is 18.8. The Balaban J connectivity index is 0. The fourth-order valence-corrected chi connectivity index (χ4v) is 1.28. The zero-order chi connectivity index (χ0) is 17.9. The van der Waals surface area contributed by atoms with Crippen LogP contribution in [0.5, 0.6) is 0 Å². The monoisotopic (exact) mass is 340 g/mol. The average Bonchev–Trinajstić information content (AvgIpc) is 2.53. The van der Waals surface area contributed by atoms with Gasteiger partial charge < -0.3 is 35.0 Å². The molecule has 0 radical (unpaired) electrons. The summed E-state index contributed by atoms with van der Waals surface area (Å²) in [6, 6.07) is 0. The Morgan fingerprint density at radius 3 is 1.43 bits per heavy atom. The lowest BCUT2D eigenvalue weighted by atomic mass is 10.2. The van der Waals surface area contributed by atoms with E-state index in [1.807, 2.05) is 0 Å². The van der Waals surface area contributed by atoms with Gasteiger partial charge in [0.25, 0.3) is 0 Å². The second-order valence-corrected chi connectivity index (χ2v) is 4.44. The molecule has 0 aliphatic carbocycles. The predicted molar refractivity (Wildman–Crippen MR) is 79.1 cm³/mol. The van der Waals surface area contributed by atoms with Gasteiger partial charge in [0.05, 0.1) is 13.2 Å². The van der Waals surface area contributed by atoms with Crippen molar-refractivity contribution in [1.82, 2.24) is 0 Å². The molecule has 0 spiro atoms. The molecule has 0 aliphatic rings. The van der Waals surface area contributed by atoms with E-state index in [1.165, 1.54) is 0 Å². The Hall–Kier alpha value is -1.26. The van der Waals surface area contributed by atoms with Crippen molar-refractivity contribution in [3.63, 3.8) is 0 Å². The summed E-state index contributed by atoms with van der Waals surface area (Å²) >= 11 is 0. The van der Waals surface area contributed by atoms with E-state index < -0.39 is 6.29 Å². The first-order valence-corrected chi connectivity index (χ1v) is 7.47. The van der Waals surface area contributed by atoms with Crippen molar-refractivity contribution in [2.45, 2.75) is 44.8 Å². The molecule has 9 nitrogen and oxygen atoms in total. The lowest BCUT2D eigenvalue weighted by molar-refractivity contribution is -0.146. The summed E-state index contributed by atoms with van der Waals surface area (Å²) in [7, 11) is 0. The highest BCUT2D eigenvalue weighted by Crippen LogP contribution is 2.02. The maximum Gasteiger partial charge on any atom is 0.305 e. The third-order valence-electron chi connectivity index (χ3n) is 2.34. The smallest absolute Gasteiger partial charge is 0.305 e. The molecular formula is C14H28O9. The minimum absolute atomic E-state index is 0.0113. The first-order valence-electron chi connectivity index (χ1n) is 7.47. The molecule has 0 aromatic heterocycles. The van der Waals surface area contributed by atoms with Crippen molar-refractivity contribution >= 4 is 11.9 Å². The normalized spacial score (nSPS) is 10.0. The number of ether oxygens (including phenoxy) is 2. The van der Waals surface area contributed by atoms with Gasteiger partial charge in [-0.25, -0.2) is 0 Å². The number of hydrogen-bond donors (Lipinski definition) is 5. The van der Waals surface area contributed by atoms with E-state index in [2.05, 4.69) is 9.47 Å². The summed E-state index contributed by atoms with van der Waals surface area (Å²) in [6.45, 7) is -0.315. The molecule has 0 fully saturated rings. The topological polar surface area (TPSA) is 154 Å². The summed E-state index contributed by atoms with van der Waals surface area (Å²) in [5, 5.41) is 41.1. The Morgan fingerprint density at radius 1 is 0.739 bits per heavy atom. The molecule has 9 heteroatoms. The minimum Gasteiger partial charge on any atom is -0.463 e. The van der Waals surface area contributed by atoms with Crippen LogP contribution in [-0.4, -0.2) is 76.8 Å². The fourth-order valence-electron chi connectivity index (χ4n) is 1.28. The van der Waals surface area contributed by atoms with Gasteiger partial charge in [-0.1, -0.05) is 0 Å². The van der Waals surface area contributed by atoms with Crippen LogP contribution in [0.15, 0.2) is 0 Å². The molecule has 23 heavy (non-hydrogen) atoms. The van der Waals surface area contributed by atoms with Crippen molar-refractivity contribution in [3.8, 4) is 0 Å². The van der Waals surface area contributed by atoms with Gasteiger partial charge in [0.2, 0.25) is 0 Å². The van der Waals surface area contributed by atoms with Gasteiger partial charge >= 0.3 is 11.9 Å². The van der Waals surface area contributed by atoms with Gasteiger partial charge in [-0.15, -0.1) is 0 Å². The summed E-state index contributed by atoms with van der Waals surface area (Å²) in [5.41, 5.74) is 0. The molecule has 0 unspecified atom stereocenters. The lowest BCUT2D eigenvalue weighted by Gasteiger charge is -2.03. The van der Waals surface area contributed by atoms with E-state index in [1.54, 1.807) is 0 Å². The number of carbonyl (C=O) groups excluding carboxylic acids is 2. The number of aliphatic hydroxyl groups is 5. The highest BCUT2D eigenvalue weighted by Gasteiger charge is 2.05. The van der Waals surface area contributed by atoms with Crippen molar-refractivity contribution in [2.75, 3.05) is 33.0 Å². The van der Waals surface area contributed by atoms with Crippen LogP contribution in [0.4, 0.5) is 0 Å². The van der Waals surface area contributed by atoms with Crippen LogP contribution in [0.2, 0.25) is 0 Å². The third-order valence-corrected chi connectivity index (χ3v) is 2.34. The molecule has 138 valence electrons. The van der Waals surface area contributed by atoms with Gasteiger partial charge in [0.1, 0.15) is 13.2 Å². The number of carbonyl (C=O) groups is 2. The molecule has 0 bridgehead atoms. The molecule has 0 saturated carbocycles. The predicted octanol–water partition coefficient (Wildman–Crippen LogP) is -1.31. The van der Waals surface area contributed by atoms with Crippen molar-refractivity contribution in [3.05, 3.63) is 0 Å². The van der Waals surface area contributed by atoms with Crippen LogP contribution >= 0.6 is 0 Å².